The van der Waals surface area contributed by atoms with Gasteiger partial charge in [-0.25, -0.2) is 4.39 Å². The number of rotatable bonds is 4. The molecule has 2 nitrogen and oxygen atoms in total. The molecule has 0 saturated carbocycles. The zero-order chi connectivity index (χ0) is 14.7. The Morgan fingerprint density at radius 2 is 1.85 bits per heavy atom. The third-order valence-corrected chi connectivity index (χ3v) is 3.66. The number of hydrogen-bond acceptors (Lipinski definition) is 2. The van der Waals surface area contributed by atoms with Gasteiger partial charge in [0.15, 0.2) is 5.78 Å². The average Bonchev–Trinajstić information content (AvgIpc) is 2.48. The predicted molar refractivity (Wildman–Crippen MR) is 78.3 cm³/mol. The van der Waals surface area contributed by atoms with Crippen molar-refractivity contribution in [3.05, 3.63) is 70.5 Å². The number of halogens is 2. The van der Waals surface area contributed by atoms with Crippen LogP contribution in [0.5, 0.6) is 0 Å². The Balaban J connectivity index is 2.27. The van der Waals surface area contributed by atoms with Crippen LogP contribution < -0.4 is 5.73 Å². The van der Waals surface area contributed by atoms with E-state index >= 15 is 0 Å². The number of benzene rings is 2. The molecule has 2 atom stereocenters. The molecular weight excluding hydrogens is 277 g/mol. The molecule has 2 aromatic carbocycles. The molecule has 0 radical (unpaired) electrons. The van der Waals surface area contributed by atoms with E-state index in [1.54, 1.807) is 6.92 Å². The van der Waals surface area contributed by atoms with Crippen LogP contribution >= 0.6 is 11.6 Å². The first-order chi connectivity index (χ1) is 9.50. The van der Waals surface area contributed by atoms with Crippen LogP contribution in [0.1, 0.15) is 28.9 Å². The molecule has 2 N–H and O–H groups in total. The lowest BCUT2D eigenvalue weighted by Crippen LogP contribution is -2.26. The molecular formula is C16H15ClFNO. The van der Waals surface area contributed by atoms with Crippen molar-refractivity contribution in [1.82, 2.24) is 0 Å². The average molecular weight is 292 g/mol. The molecule has 0 aliphatic rings. The van der Waals surface area contributed by atoms with Crippen molar-refractivity contribution < 1.29 is 9.18 Å². The Labute approximate surface area is 122 Å². The molecule has 104 valence electrons. The van der Waals surface area contributed by atoms with E-state index in [9.17, 15) is 9.18 Å². The molecule has 0 saturated heterocycles. The van der Waals surface area contributed by atoms with Crippen LogP contribution in [0, 0.1) is 11.7 Å². The summed E-state index contributed by atoms with van der Waals surface area (Å²) in [7, 11) is 0. The van der Waals surface area contributed by atoms with Crippen LogP contribution in [-0.4, -0.2) is 5.78 Å². The molecule has 2 unspecified atom stereocenters. The highest BCUT2D eigenvalue weighted by molar-refractivity contribution is 6.34. The second kappa shape index (κ2) is 6.16. The molecule has 0 spiro atoms. The fraction of sp³-hybridized carbons (Fsp3) is 0.188. The smallest absolute Gasteiger partial charge is 0.169 e. The Kier molecular flexibility index (Phi) is 4.53. The van der Waals surface area contributed by atoms with Crippen LogP contribution in [-0.2, 0) is 0 Å². The zero-order valence-electron chi connectivity index (χ0n) is 11.0. The Bertz CT molecular complexity index is 615. The summed E-state index contributed by atoms with van der Waals surface area (Å²) >= 11 is 5.96. The van der Waals surface area contributed by atoms with Crippen molar-refractivity contribution >= 4 is 17.4 Å². The van der Waals surface area contributed by atoms with Crippen molar-refractivity contribution in [3.63, 3.8) is 0 Å². The quantitative estimate of drug-likeness (QED) is 0.865. The summed E-state index contributed by atoms with van der Waals surface area (Å²) in [6, 6.07) is 12.6. The van der Waals surface area contributed by atoms with Gasteiger partial charge in [-0.15, -0.1) is 0 Å². The molecule has 0 amide bonds. The van der Waals surface area contributed by atoms with Gasteiger partial charge in [0, 0.05) is 17.5 Å². The van der Waals surface area contributed by atoms with Crippen molar-refractivity contribution in [1.29, 1.82) is 0 Å². The van der Waals surface area contributed by atoms with Crippen LogP contribution in [0.4, 0.5) is 4.39 Å². The highest BCUT2D eigenvalue weighted by Crippen LogP contribution is 2.26. The molecule has 4 heteroatoms. The number of Topliss-reactive ketones (excluding diaryl/α,β-unsaturated/α-hetero) is 1. The Morgan fingerprint density at radius 1 is 1.20 bits per heavy atom. The summed E-state index contributed by atoms with van der Waals surface area (Å²) in [5, 5.41) is 0.239. The first kappa shape index (κ1) is 14.7. The van der Waals surface area contributed by atoms with Gasteiger partial charge >= 0.3 is 0 Å². The molecule has 0 fully saturated rings. The third-order valence-electron chi connectivity index (χ3n) is 3.33. The maximum absolute atomic E-state index is 13.3. The third kappa shape index (κ3) is 3.06. The molecule has 2 aromatic rings. The highest BCUT2D eigenvalue weighted by Gasteiger charge is 2.25. The lowest BCUT2D eigenvalue weighted by atomic mass is 9.88. The van der Waals surface area contributed by atoms with Crippen LogP contribution in [0.2, 0.25) is 5.02 Å². The number of carbonyl (C=O) groups is 1. The fourth-order valence-electron chi connectivity index (χ4n) is 2.06. The number of carbonyl (C=O) groups excluding carboxylic acids is 1. The van der Waals surface area contributed by atoms with Crippen molar-refractivity contribution in [2.45, 2.75) is 13.0 Å². The topological polar surface area (TPSA) is 43.1 Å². The summed E-state index contributed by atoms with van der Waals surface area (Å²) in [6.45, 7) is 1.72. The minimum atomic E-state index is -0.489. The molecule has 0 aromatic heterocycles. The van der Waals surface area contributed by atoms with E-state index in [2.05, 4.69) is 0 Å². The summed E-state index contributed by atoms with van der Waals surface area (Å²) in [5.74, 6) is -1.24. The largest absolute Gasteiger partial charge is 0.323 e. The van der Waals surface area contributed by atoms with Crippen LogP contribution in [0.3, 0.4) is 0 Å². The van der Waals surface area contributed by atoms with Crippen LogP contribution in [0.15, 0.2) is 48.5 Å². The van der Waals surface area contributed by atoms with E-state index in [1.807, 2.05) is 30.3 Å². The minimum Gasteiger partial charge on any atom is -0.323 e. The van der Waals surface area contributed by atoms with Crippen molar-refractivity contribution in [3.8, 4) is 0 Å². The summed E-state index contributed by atoms with van der Waals surface area (Å²) in [6.07, 6.45) is 0. The number of ketones is 1. The zero-order valence-corrected chi connectivity index (χ0v) is 11.8. The van der Waals surface area contributed by atoms with Gasteiger partial charge in [0.25, 0.3) is 0 Å². The first-order valence-corrected chi connectivity index (χ1v) is 6.68. The fourth-order valence-corrected chi connectivity index (χ4v) is 2.27. The van der Waals surface area contributed by atoms with Gasteiger partial charge in [-0.2, -0.15) is 0 Å². The molecule has 0 heterocycles. The molecule has 0 aliphatic heterocycles. The van der Waals surface area contributed by atoms with E-state index < -0.39 is 17.8 Å². The van der Waals surface area contributed by atoms with Gasteiger partial charge in [0.1, 0.15) is 5.82 Å². The SMILES string of the molecule is CC(C(=O)c1cc(F)ccc1Cl)C(N)c1ccccc1. The van der Waals surface area contributed by atoms with E-state index in [1.165, 1.54) is 12.1 Å². The number of hydrogen-bond donors (Lipinski definition) is 1. The maximum atomic E-state index is 13.3. The molecule has 0 aliphatic carbocycles. The molecule has 0 bridgehead atoms. The lowest BCUT2D eigenvalue weighted by Gasteiger charge is -2.19. The van der Waals surface area contributed by atoms with Gasteiger partial charge in [-0.3, -0.25) is 4.79 Å². The summed E-state index contributed by atoms with van der Waals surface area (Å²) in [5.41, 5.74) is 7.14. The first-order valence-electron chi connectivity index (χ1n) is 6.30. The monoisotopic (exact) mass is 291 g/mol. The second-order valence-electron chi connectivity index (χ2n) is 4.71. The molecule has 2 rings (SSSR count). The maximum Gasteiger partial charge on any atom is 0.169 e. The summed E-state index contributed by atoms with van der Waals surface area (Å²) < 4.78 is 13.3. The van der Waals surface area contributed by atoms with Gasteiger partial charge < -0.3 is 5.73 Å². The van der Waals surface area contributed by atoms with Gasteiger partial charge in [-0.05, 0) is 23.8 Å². The molecule has 20 heavy (non-hydrogen) atoms. The Hall–Kier alpha value is -1.71. The van der Waals surface area contributed by atoms with E-state index in [0.717, 1.165) is 11.6 Å². The highest BCUT2D eigenvalue weighted by atomic mass is 35.5. The second-order valence-corrected chi connectivity index (χ2v) is 5.12. The van der Waals surface area contributed by atoms with Gasteiger partial charge in [0.05, 0.1) is 5.02 Å². The predicted octanol–water partition coefficient (Wildman–Crippen LogP) is 4.00. The van der Waals surface area contributed by atoms with E-state index in [0.29, 0.717) is 0 Å². The minimum absolute atomic E-state index is 0.172. The Morgan fingerprint density at radius 3 is 2.50 bits per heavy atom. The lowest BCUT2D eigenvalue weighted by molar-refractivity contribution is 0.0912. The standard InChI is InChI=1S/C16H15ClFNO/c1-10(15(19)11-5-3-2-4-6-11)16(20)13-9-12(18)7-8-14(13)17/h2-10,15H,19H2,1H3. The van der Waals surface area contributed by atoms with Crippen LogP contribution in [0.25, 0.3) is 0 Å². The van der Waals surface area contributed by atoms with E-state index in [4.69, 9.17) is 17.3 Å². The van der Waals surface area contributed by atoms with Crippen molar-refractivity contribution in [2.24, 2.45) is 11.7 Å². The normalized spacial score (nSPS) is 13.8. The summed E-state index contributed by atoms with van der Waals surface area (Å²) in [4.78, 5) is 12.4. The van der Waals surface area contributed by atoms with Gasteiger partial charge in [-0.1, -0.05) is 48.9 Å². The van der Waals surface area contributed by atoms with E-state index in [-0.39, 0.29) is 16.4 Å². The van der Waals surface area contributed by atoms with Gasteiger partial charge in [0.2, 0.25) is 0 Å². The number of nitrogens with two attached hydrogens (primary N) is 1. The van der Waals surface area contributed by atoms with Crippen molar-refractivity contribution in [2.75, 3.05) is 0 Å².